The van der Waals surface area contributed by atoms with Crippen LogP contribution in [0.2, 0.25) is 0 Å². The zero-order chi connectivity index (χ0) is 15.1. The summed E-state index contributed by atoms with van der Waals surface area (Å²) in [6.45, 7) is 0. The molecule has 0 aliphatic rings. The van der Waals surface area contributed by atoms with Crippen molar-refractivity contribution in [3.8, 4) is 11.4 Å². The number of H-pyrrole nitrogens is 1. The number of nitrogens with zero attached hydrogens (tertiary/aromatic N) is 4. The Balaban J connectivity index is 2.09. The maximum atomic E-state index is 4.75. The van der Waals surface area contributed by atoms with E-state index in [0.717, 1.165) is 34.1 Å². The molecule has 5 nitrogen and oxygen atoms in total. The third-order valence-electron chi connectivity index (χ3n) is 3.65. The fourth-order valence-corrected chi connectivity index (χ4v) is 2.63. The number of aromatic amines is 1. The predicted octanol–water partition coefficient (Wildman–Crippen LogP) is 2.43. The summed E-state index contributed by atoms with van der Waals surface area (Å²) in [6.07, 6.45) is 0. The second-order valence-electron chi connectivity index (χ2n) is 5.41. The molecule has 0 saturated carbocycles. The monoisotopic (exact) mass is 290 g/mol. The third kappa shape index (κ3) is 1.90. The molecule has 2 aromatic heterocycles. The van der Waals surface area contributed by atoms with Crippen LogP contribution in [0.4, 0.5) is 5.95 Å². The molecule has 0 saturated heterocycles. The lowest BCUT2D eigenvalue weighted by Crippen LogP contribution is -2.33. The second-order valence-corrected chi connectivity index (χ2v) is 5.41. The number of anilines is 1. The number of hydrogen-bond acceptors (Lipinski definition) is 3. The molecular formula is C17H16N5+. The van der Waals surface area contributed by atoms with E-state index in [1.165, 1.54) is 0 Å². The van der Waals surface area contributed by atoms with Gasteiger partial charge in [-0.1, -0.05) is 40.3 Å². The van der Waals surface area contributed by atoms with E-state index >= 15 is 0 Å². The summed E-state index contributed by atoms with van der Waals surface area (Å²) in [5.41, 5.74) is 3.12. The molecule has 5 heteroatoms. The van der Waals surface area contributed by atoms with Gasteiger partial charge < -0.3 is 0 Å². The van der Waals surface area contributed by atoms with Crippen LogP contribution in [0.1, 0.15) is 0 Å². The molecule has 2 aromatic carbocycles. The lowest BCUT2D eigenvalue weighted by molar-refractivity contribution is -0.473. The molecule has 0 bridgehead atoms. The van der Waals surface area contributed by atoms with Crippen molar-refractivity contribution >= 4 is 22.8 Å². The number of hydrogen-bond donors (Lipinski definition) is 1. The minimum atomic E-state index is 0.718. The van der Waals surface area contributed by atoms with Crippen LogP contribution in [0.3, 0.4) is 0 Å². The van der Waals surface area contributed by atoms with Crippen LogP contribution in [-0.2, 0) is 0 Å². The van der Waals surface area contributed by atoms with E-state index in [1.807, 2.05) is 71.9 Å². The van der Waals surface area contributed by atoms with E-state index in [9.17, 15) is 0 Å². The molecule has 4 rings (SSSR count). The van der Waals surface area contributed by atoms with Gasteiger partial charge in [0.15, 0.2) is 0 Å². The summed E-state index contributed by atoms with van der Waals surface area (Å²) in [5, 5.41) is 0. The average Bonchev–Trinajstić information content (AvgIpc) is 2.93. The summed E-state index contributed by atoms with van der Waals surface area (Å²) in [5.74, 6) is 2.36. The van der Waals surface area contributed by atoms with E-state index in [-0.39, 0.29) is 0 Å². The first-order chi connectivity index (χ1) is 10.7. The van der Waals surface area contributed by atoms with Gasteiger partial charge in [0.2, 0.25) is 0 Å². The van der Waals surface area contributed by atoms with E-state index in [4.69, 9.17) is 9.97 Å². The van der Waals surface area contributed by atoms with Crippen LogP contribution < -0.4 is 9.30 Å². The highest BCUT2D eigenvalue weighted by atomic mass is 15.3. The van der Waals surface area contributed by atoms with E-state index in [2.05, 4.69) is 11.1 Å². The van der Waals surface area contributed by atoms with Crippen LogP contribution in [0, 0.1) is 0 Å². The van der Waals surface area contributed by atoms with Gasteiger partial charge in [-0.05, 0) is 24.3 Å². The summed E-state index contributed by atoms with van der Waals surface area (Å²) >= 11 is 0. The fraction of sp³-hybridized carbons (Fsp3) is 0.118. The number of para-hydroxylation sites is 2. The topological polar surface area (TPSA) is 48.9 Å². The van der Waals surface area contributed by atoms with Crippen molar-refractivity contribution in [2.75, 3.05) is 19.0 Å². The van der Waals surface area contributed by atoms with E-state index in [0.29, 0.717) is 0 Å². The first-order valence-corrected chi connectivity index (χ1v) is 7.17. The third-order valence-corrected chi connectivity index (χ3v) is 3.65. The van der Waals surface area contributed by atoms with Crippen molar-refractivity contribution in [2.24, 2.45) is 0 Å². The van der Waals surface area contributed by atoms with Crippen molar-refractivity contribution < 1.29 is 4.40 Å². The van der Waals surface area contributed by atoms with Gasteiger partial charge in [0.1, 0.15) is 11.0 Å². The first kappa shape index (κ1) is 12.8. The normalized spacial score (nSPS) is 11.2. The maximum absolute atomic E-state index is 4.75. The molecule has 0 aliphatic heterocycles. The fourth-order valence-electron chi connectivity index (χ4n) is 2.63. The molecule has 0 unspecified atom stereocenters. The number of fused-ring (bicyclic) bond motifs is 3. The number of rotatable bonds is 2. The van der Waals surface area contributed by atoms with Gasteiger partial charge in [-0.15, -0.1) is 0 Å². The number of imidazole rings is 1. The van der Waals surface area contributed by atoms with Crippen LogP contribution in [0.15, 0.2) is 54.6 Å². The molecule has 4 aromatic rings. The SMILES string of the molecule is CN(C)c1nc(-c2ccccc2)nc2[nH]c3ccccc3[n+]12. The van der Waals surface area contributed by atoms with Crippen LogP contribution in [-0.4, -0.2) is 29.0 Å². The van der Waals surface area contributed by atoms with E-state index in [1.54, 1.807) is 0 Å². The molecule has 108 valence electrons. The Kier molecular flexibility index (Phi) is 2.79. The number of nitrogens with one attached hydrogen (secondary N) is 1. The molecule has 0 radical (unpaired) electrons. The van der Waals surface area contributed by atoms with E-state index < -0.39 is 0 Å². The smallest absolute Gasteiger partial charge is 0.298 e. The van der Waals surface area contributed by atoms with Gasteiger partial charge in [0, 0.05) is 19.7 Å². The highest BCUT2D eigenvalue weighted by Gasteiger charge is 2.21. The summed E-state index contributed by atoms with van der Waals surface area (Å²) < 4.78 is 2.04. The van der Waals surface area contributed by atoms with Gasteiger partial charge in [-0.2, -0.15) is 4.40 Å². The molecule has 0 atom stereocenters. The summed E-state index contributed by atoms with van der Waals surface area (Å²) in [4.78, 5) is 14.8. The summed E-state index contributed by atoms with van der Waals surface area (Å²) in [6, 6.07) is 18.2. The molecule has 2 heterocycles. The van der Waals surface area contributed by atoms with Crippen LogP contribution >= 0.6 is 0 Å². The van der Waals surface area contributed by atoms with Crippen molar-refractivity contribution in [2.45, 2.75) is 0 Å². The molecule has 0 amide bonds. The highest BCUT2D eigenvalue weighted by molar-refractivity contribution is 5.74. The molecular weight excluding hydrogens is 274 g/mol. The Morgan fingerprint density at radius 3 is 2.41 bits per heavy atom. The average molecular weight is 290 g/mol. The Bertz CT molecular complexity index is 957. The largest absolute Gasteiger partial charge is 0.333 e. The molecule has 0 aliphatic carbocycles. The maximum Gasteiger partial charge on any atom is 0.333 e. The Hall–Kier alpha value is -2.95. The molecule has 22 heavy (non-hydrogen) atoms. The molecule has 0 fully saturated rings. The minimum absolute atomic E-state index is 0.718. The van der Waals surface area contributed by atoms with Crippen LogP contribution in [0.5, 0.6) is 0 Å². The molecule has 0 spiro atoms. The lowest BCUT2D eigenvalue weighted by atomic mass is 10.2. The van der Waals surface area contributed by atoms with Gasteiger partial charge in [-0.3, -0.25) is 9.88 Å². The van der Waals surface area contributed by atoms with Crippen molar-refractivity contribution in [1.82, 2.24) is 15.0 Å². The molecule has 1 N–H and O–H groups in total. The number of benzene rings is 2. The van der Waals surface area contributed by atoms with Crippen molar-refractivity contribution in [3.63, 3.8) is 0 Å². The van der Waals surface area contributed by atoms with Crippen LogP contribution in [0.25, 0.3) is 28.2 Å². The second kappa shape index (κ2) is 4.80. The Morgan fingerprint density at radius 1 is 0.909 bits per heavy atom. The zero-order valence-corrected chi connectivity index (χ0v) is 12.5. The van der Waals surface area contributed by atoms with Gasteiger partial charge >= 0.3 is 11.7 Å². The van der Waals surface area contributed by atoms with Crippen molar-refractivity contribution in [1.29, 1.82) is 0 Å². The Morgan fingerprint density at radius 2 is 1.64 bits per heavy atom. The standard InChI is InChI=1S/C17H15N5/c1-21(2)17-20-15(12-8-4-3-5-9-12)19-16-18-13-10-6-7-11-14(13)22(16)17/h3-11H,1-2H3/p+1. The van der Waals surface area contributed by atoms with Gasteiger partial charge in [0.05, 0.1) is 0 Å². The predicted molar refractivity (Wildman–Crippen MR) is 86.8 cm³/mol. The van der Waals surface area contributed by atoms with Gasteiger partial charge in [0.25, 0.3) is 5.82 Å². The summed E-state index contributed by atoms with van der Waals surface area (Å²) in [7, 11) is 3.98. The highest BCUT2D eigenvalue weighted by Crippen LogP contribution is 2.18. The quantitative estimate of drug-likeness (QED) is 0.577. The number of aromatic nitrogens is 4. The lowest BCUT2D eigenvalue weighted by Gasteiger charge is -2.08. The minimum Gasteiger partial charge on any atom is -0.298 e. The zero-order valence-electron chi connectivity index (χ0n) is 12.5. The first-order valence-electron chi connectivity index (χ1n) is 7.17. The Labute approximate surface area is 127 Å². The van der Waals surface area contributed by atoms with Crippen molar-refractivity contribution in [3.05, 3.63) is 54.6 Å². The van der Waals surface area contributed by atoms with Gasteiger partial charge in [-0.25, -0.2) is 0 Å².